The minimum absolute atomic E-state index is 0. The second-order valence-electron chi connectivity index (χ2n) is 3.85. The van der Waals surface area contributed by atoms with Gasteiger partial charge in [0.2, 0.25) is 5.88 Å². The normalized spacial score (nSPS) is 23.5. The molecule has 1 heterocycles. The van der Waals surface area contributed by atoms with E-state index in [1.807, 2.05) is 0 Å². The van der Waals surface area contributed by atoms with Crippen LogP contribution in [-0.2, 0) is 6.18 Å². The molecule has 0 aliphatic heterocycles. The lowest BCUT2D eigenvalue weighted by Gasteiger charge is -2.32. The van der Waals surface area contributed by atoms with Crippen molar-refractivity contribution >= 4 is 12.4 Å². The van der Waals surface area contributed by atoms with Gasteiger partial charge in [-0.15, -0.1) is 12.4 Å². The van der Waals surface area contributed by atoms with Gasteiger partial charge in [-0.3, -0.25) is 0 Å². The summed E-state index contributed by atoms with van der Waals surface area (Å²) < 4.78 is 42.0. The molecule has 1 saturated carbocycles. The van der Waals surface area contributed by atoms with Crippen molar-refractivity contribution in [3.8, 4) is 5.88 Å². The Hall–Kier alpha value is -1.01. The largest absolute Gasteiger partial charge is 0.474 e. The minimum atomic E-state index is -4.36. The quantitative estimate of drug-likeness (QED) is 0.896. The van der Waals surface area contributed by atoms with Gasteiger partial charge in [0, 0.05) is 18.3 Å². The fourth-order valence-corrected chi connectivity index (χ4v) is 1.49. The molecule has 0 saturated heterocycles. The number of rotatable bonds is 2. The second-order valence-corrected chi connectivity index (χ2v) is 3.85. The molecule has 3 nitrogen and oxygen atoms in total. The molecule has 0 spiro atoms. The molecule has 1 fully saturated rings. The average molecular weight is 269 g/mol. The number of ether oxygens (including phenoxy) is 1. The topological polar surface area (TPSA) is 48.1 Å². The van der Waals surface area contributed by atoms with Gasteiger partial charge in [0.05, 0.1) is 5.56 Å². The first-order chi connectivity index (χ1) is 7.45. The number of halogens is 4. The third kappa shape index (κ3) is 3.47. The Labute approximate surface area is 103 Å². The number of aromatic nitrogens is 1. The molecule has 1 aromatic rings. The molecule has 1 aliphatic rings. The first-order valence-electron chi connectivity index (χ1n) is 4.90. The molecular formula is C10H12ClF3N2O. The van der Waals surface area contributed by atoms with Crippen LogP contribution in [0.2, 0.25) is 0 Å². The van der Waals surface area contributed by atoms with E-state index in [4.69, 9.17) is 10.5 Å². The Morgan fingerprint density at radius 3 is 2.35 bits per heavy atom. The van der Waals surface area contributed by atoms with Crippen molar-refractivity contribution in [2.75, 3.05) is 0 Å². The second kappa shape index (κ2) is 5.10. The van der Waals surface area contributed by atoms with Crippen LogP contribution in [0.5, 0.6) is 5.88 Å². The van der Waals surface area contributed by atoms with E-state index in [1.54, 1.807) is 0 Å². The number of nitrogens with two attached hydrogens (primary N) is 1. The molecule has 1 aliphatic carbocycles. The molecule has 0 amide bonds. The predicted molar refractivity (Wildman–Crippen MR) is 58.1 cm³/mol. The van der Waals surface area contributed by atoms with Crippen molar-refractivity contribution in [2.24, 2.45) is 5.73 Å². The van der Waals surface area contributed by atoms with E-state index in [9.17, 15) is 13.2 Å². The molecule has 2 rings (SSSR count). The van der Waals surface area contributed by atoms with Crippen LogP contribution in [0.25, 0.3) is 0 Å². The van der Waals surface area contributed by atoms with Crippen LogP contribution in [-0.4, -0.2) is 17.1 Å². The third-order valence-electron chi connectivity index (χ3n) is 2.48. The van der Waals surface area contributed by atoms with Gasteiger partial charge in [-0.1, -0.05) is 0 Å². The van der Waals surface area contributed by atoms with Gasteiger partial charge < -0.3 is 10.5 Å². The summed E-state index contributed by atoms with van der Waals surface area (Å²) >= 11 is 0. The molecular weight excluding hydrogens is 257 g/mol. The summed E-state index contributed by atoms with van der Waals surface area (Å²) in [6.07, 6.45) is -2.15. The van der Waals surface area contributed by atoms with Crippen LogP contribution < -0.4 is 10.5 Å². The van der Waals surface area contributed by atoms with Crippen LogP contribution in [0.1, 0.15) is 18.4 Å². The van der Waals surface area contributed by atoms with Gasteiger partial charge in [-0.05, 0) is 18.9 Å². The molecule has 0 radical (unpaired) electrons. The van der Waals surface area contributed by atoms with Crippen LogP contribution >= 0.6 is 12.4 Å². The van der Waals surface area contributed by atoms with Crippen molar-refractivity contribution in [2.45, 2.75) is 31.2 Å². The van der Waals surface area contributed by atoms with Crippen LogP contribution in [0, 0.1) is 0 Å². The van der Waals surface area contributed by atoms with Crippen molar-refractivity contribution in [1.82, 2.24) is 4.98 Å². The Balaban J connectivity index is 0.00000144. The van der Waals surface area contributed by atoms with Gasteiger partial charge >= 0.3 is 6.18 Å². The molecule has 0 unspecified atom stereocenters. The van der Waals surface area contributed by atoms with E-state index in [0.717, 1.165) is 25.1 Å². The average Bonchev–Trinajstić information content (AvgIpc) is 2.15. The summed E-state index contributed by atoms with van der Waals surface area (Å²) in [6.45, 7) is 0. The van der Waals surface area contributed by atoms with Crippen molar-refractivity contribution in [3.05, 3.63) is 23.9 Å². The lowest BCUT2D eigenvalue weighted by molar-refractivity contribution is -0.137. The fourth-order valence-electron chi connectivity index (χ4n) is 1.49. The maximum atomic E-state index is 12.2. The highest BCUT2D eigenvalue weighted by molar-refractivity contribution is 5.85. The Kier molecular flexibility index (Phi) is 4.21. The standard InChI is InChI=1S/C10H11F3N2O.ClH/c11-10(12,13)6-1-2-9(15-5-6)16-8-3-7(14)4-8;/h1-2,5,7-8H,3-4,14H2;1H. The Morgan fingerprint density at radius 2 is 1.94 bits per heavy atom. The smallest absolute Gasteiger partial charge is 0.417 e. The van der Waals surface area contributed by atoms with Gasteiger partial charge in [0.25, 0.3) is 0 Å². The monoisotopic (exact) mass is 268 g/mol. The summed E-state index contributed by atoms with van der Waals surface area (Å²) in [5, 5.41) is 0. The van der Waals surface area contributed by atoms with Crippen LogP contribution in [0.4, 0.5) is 13.2 Å². The molecule has 17 heavy (non-hydrogen) atoms. The summed E-state index contributed by atoms with van der Waals surface area (Å²) in [7, 11) is 0. The number of hydrogen-bond acceptors (Lipinski definition) is 3. The zero-order valence-corrected chi connectivity index (χ0v) is 9.59. The molecule has 7 heteroatoms. The molecule has 0 bridgehead atoms. The zero-order valence-electron chi connectivity index (χ0n) is 8.78. The summed E-state index contributed by atoms with van der Waals surface area (Å²) in [5.41, 5.74) is 4.78. The van der Waals surface area contributed by atoms with Crippen molar-refractivity contribution < 1.29 is 17.9 Å². The predicted octanol–water partition coefficient (Wildman–Crippen LogP) is 2.39. The molecule has 0 aromatic carbocycles. The van der Waals surface area contributed by atoms with Crippen molar-refractivity contribution in [1.29, 1.82) is 0 Å². The molecule has 0 atom stereocenters. The van der Waals surface area contributed by atoms with Crippen LogP contribution in [0.15, 0.2) is 18.3 Å². The van der Waals surface area contributed by atoms with E-state index in [-0.39, 0.29) is 30.4 Å². The summed E-state index contributed by atoms with van der Waals surface area (Å²) in [5.74, 6) is 0.213. The van der Waals surface area contributed by atoms with E-state index in [2.05, 4.69) is 4.98 Å². The van der Waals surface area contributed by atoms with Gasteiger partial charge in [-0.25, -0.2) is 4.98 Å². The highest BCUT2D eigenvalue weighted by Gasteiger charge is 2.31. The number of pyridine rings is 1. The highest BCUT2D eigenvalue weighted by Crippen LogP contribution is 2.30. The third-order valence-corrected chi connectivity index (χ3v) is 2.48. The summed E-state index contributed by atoms with van der Waals surface area (Å²) in [6, 6.07) is 2.33. The summed E-state index contributed by atoms with van der Waals surface area (Å²) in [4.78, 5) is 3.61. The molecule has 1 aromatic heterocycles. The lowest BCUT2D eigenvalue weighted by Crippen LogP contribution is -2.43. The number of alkyl halides is 3. The van der Waals surface area contributed by atoms with E-state index >= 15 is 0 Å². The van der Waals surface area contributed by atoms with Crippen molar-refractivity contribution in [3.63, 3.8) is 0 Å². The van der Waals surface area contributed by atoms with Gasteiger partial charge in [0.1, 0.15) is 6.10 Å². The Bertz CT molecular complexity index is 363. The first kappa shape index (κ1) is 14.1. The number of nitrogens with zero attached hydrogens (tertiary/aromatic N) is 1. The Morgan fingerprint density at radius 1 is 1.29 bits per heavy atom. The van der Waals surface area contributed by atoms with Gasteiger partial charge in [-0.2, -0.15) is 13.2 Å². The lowest BCUT2D eigenvalue weighted by atomic mass is 9.90. The maximum Gasteiger partial charge on any atom is 0.417 e. The SMILES string of the molecule is Cl.NC1CC(Oc2ccc(C(F)(F)F)cn2)C1. The molecule has 96 valence electrons. The van der Waals surface area contributed by atoms with Gasteiger partial charge in [0.15, 0.2) is 0 Å². The zero-order chi connectivity index (χ0) is 11.8. The highest BCUT2D eigenvalue weighted by atomic mass is 35.5. The van der Waals surface area contributed by atoms with Crippen LogP contribution in [0.3, 0.4) is 0 Å². The molecule has 2 N–H and O–H groups in total. The van der Waals surface area contributed by atoms with E-state index < -0.39 is 11.7 Å². The fraction of sp³-hybridized carbons (Fsp3) is 0.500. The number of hydrogen-bond donors (Lipinski definition) is 1. The minimum Gasteiger partial charge on any atom is -0.474 e. The van der Waals surface area contributed by atoms with E-state index in [1.165, 1.54) is 6.07 Å². The maximum absolute atomic E-state index is 12.2. The van der Waals surface area contributed by atoms with E-state index in [0.29, 0.717) is 0 Å². The first-order valence-corrected chi connectivity index (χ1v) is 4.90.